The number of anilines is 2. The first-order valence-corrected chi connectivity index (χ1v) is 11.1. The van der Waals surface area contributed by atoms with Gasteiger partial charge in [-0.1, -0.05) is 19.3 Å². The van der Waals surface area contributed by atoms with E-state index in [1.165, 1.54) is 19.3 Å². The Labute approximate surface area is 192 Å². The topological polar surface area (TPSA) is 136 Å². The van der Waals surface area contributed by atoms with Gasteiger partial charge in [-0.2, -0.15) is 4.98 Å². The van der Waals surface area contributed by atoms with E-state index in [0.29, 0.717) is 11.5 Å². The maximum absolute atomic E-state index is 10.8. The van der Waals surface area contributed by atoms with Gasteiger partial charge in [-0.25, -0.2) is 14.5 Å². The Morgan fingerprint density at radius 2 is 1.85 bits per heavy atom. The predicted molar refractivity (Wildman–Crippen MR) is 129 cm³/mol. The number of aromatic nitrogens is 6. The molecule has 33 heavy (non-hydrogen) atoms. The summed E-state index contributed by atoms with van der Waals surface area (Å²) < 4.78 is 1.69. The van der Waals surface area contributed by atoms with Crippen molar-refractivity contribution in [3.8, 4) is 11.3 Å². The van der Waals surface area contributed by atoms with E-state index >= 15 is 0 Å². The number of rotatable bonds is 3. The molecular formula is C23H29N9O. The molecule has 4 N–H and O–H groups in total. The Hall–Kier alpha value is -3.82. The highest BCUT2D eigenvalue weighted by molar-refractivity contribution is 5.89. The fourth-order valence-corrected chi connectivity index (χ4v) is 4.31. The molecule has 1 aliphatic carbocycles. The second-order valence-corrected chi connectivity index (χ2v) is 8.49. The first-order chi connectivity index (χ1) is 15.9. The largest absolute Gasteiger partial charge is 0.371 e. The number of nitrogens with one attached hydrogen (secondary N) is 2. The van der Waals surface area contributed by atoms with E-state index in [4.69, 9.17) is 5.73 Å². The second kappa shape index (κ2) is 9.35. The van der Waals surface area contributed by atoms with Gasteiger partial charge in [-0.15, -0.1) is 5.10 Å². The number of fused-ring (bicyclic) bond motifs is 2. The van der Waals surface area contributed by atoms with Gasteiger partial charge >= 0.3 is 0 Å². The van der Waals surface area contributed by atoms with Crippen LogP contribution in [0.5, 0.6) is 0 Å². The molecule has 1 saturated carbocycles. The number of hydrogen-bond donors (Lipinski definition) is 3. The van der Waals surface area contributed by atoms with E-state index in [2.05, 4.69) is 42.6 Å². The van der Waals surface area contributed by atoms with Crippen molar-refractivity contribution >= 4 is 34.4 Å². The lowest BCUT2D eigenvalue weighted by molar-refractivity contribution is -0.121. The number of pyridine rings is 1. The van der Waals surface area contributed by atoms with Gasteiger partial charge in [0.1, 0.15) is 11.0 Å². The molecule has 0 spiro atoms. The average Bonchev–Trinajstić information content (AvgIpc) is 3.22. The Kier molecular flexibility index (Phi) is 6.34. The second-order valence-electron chi connectivity index (χ2n) is 8.49. The van der Waals surface area contributed by atoms with E-state index in [1.807, 2.05) is 24.4 Å². The van der Waals surface area contributed by atoms with E-state index in [1.54, 1.807) is 30.9 Å². The van der Waals surface area contributed by atoms with Crippen LogP contribution in [-0.2, 0) is 4.79 Å². The van der Waals surface area contributed by atoms with Crippen LogP contribution in [0.2, 0.25) is 0 Å². The van der Waals surface area contributed by atoms with Gasteiger partial charge < -0.3 is 16.4 Å². The van der Waals surface area contributed by atoms with Crippen molar-refractivity contribution in [2.75, 3.05) is 18.1 Å². The van der Waals surface area contributed by atoms with Crippen LogP contribution in [0.25, 0.3) is 27.9 Å². The Morgan fingerprint density at radius 1 is 1.09 bits per heavy atom. The van der Waals surface area contributed by atoms with Crippen molar-refractivity contribution in [2.24, 2.45) is 0 Å². The van der Waals surface area contributed by atoms with Gasteiger partial charge in [0.25, 0.3) is 0 Å². The lowest BCUT2D eigenvalue weighted by Gasteiger charge is -2.34. The molecule has 10 heteroatoms. The summed E-state index contributed by atoms with van der Waals surface area (Å²) in [5.41, 5.74) is 9.65. The van der Waals surface area contributed by atoms with Crippen molar-refractivity contribution in [3.05, 3.63) is 36.8 Å². The van der Waals surface area contributed by atoms with Gasteiger partial charge in [0, 0.05) is 43.7 Å². The molecule has 1 amide bonds. The summed E-state index contributed by atoms with van der Waals surface area (Å²) in [5.74, 6) is 0.958. The molecule has 0 unspecified atom stereocenters. The van der Waals surface area contributed by atoms with Crippen molar-refractivity contribution in [3.63, 3.8) is 0 Å². The lowest BCUT2D eigenvalue weighted by Crippen LogP contribution is -2.46. The standard InChI is InChI=1S/C14H12N8.C9H17NO/c1-16-13-11-8(4-7-22(11)21-14(15)20-13)9-2-3-10-12(19-9)18-6-5-17-10;1-8(11)10-9(2)6-4-3-5-7-9/h2-7H,1H3,(H3,15,16,20,21);3-7H2,1-2H3,(H,10,11). The molecule has 0 radical (unpaired) electrons. The zero-order valence-electron chi connectivity index (χ0n) is 19.2. The molecule has 4 heterocycles. The summed E-state index contributed by atoms with van der Waals surface area (Å²) in [6, 6.07) is 5.72. The van der Waals surface area contributed by atoms with E-state index in [0.717, 1.165) is 35.1 Å². The van der Waals surface area contributed by atoms with Crippen LogP contribution in [0.4, 0.5) is 11.8 Å². The summed E-state index contributed by atoms with van der Waals surface area (Å²) in [6.07, 6.45) is 11.2. The van der Waals surface area contributed by atoms with Crippen LogP contribution in [0.3, 0.4) is 0 Å². The first-order valence-electron chi connectivity index (χ1n) is 11.1. The number of carbonyl (C=O) groups is 1. The highest BCUT2D eigenvalue weighted by atomic mass is 16.1. The number of carbonyl (C=O) groups excluding carboxylic acids is 1. The quantitative estimate of drug-likeness (QED) is 0.435. The summed E-state index contributed by atoms with van der Waals surface area (Å²) >= 11 is 0. The molecule has 1 aliphatic rings. The molecule has 10 nitrogen and oxygen atoms in total. The number of amides is 1. The van der Waals surface area contributed by atoms with Crippen LogP contribution < -0.4 is 16.4 Å². The smallest absolute Gasteiger partial charge is 0.240 e. The Balaban J connectivity index is 0.000000200. The molecule has 0 saturated heterocycles. The average molecular weight is 448 g/mol. The maximum Gasteiger partial charge on any atom is 0.240 e. The predicted octanol–water partition coefficient (Wildman–Crippen LogP) is 3.20. The summed E-state index contributed by atoms with van der Waals surface area (Å²) in [4.78, 5) is 28.1. The fraction of sp³-hybridized carbons (Fsp3) is 0.391. The zero-order valence-corrected chi connectivity index (χ0v) is 19.2. The Bertz CT molecular complexity index is 1280. The van der Waals surface area contributed by atoms with Crippen molar-refractivity contribution in [1.29, 1.82) is 0 Å². The minimum Gasteiger partial charge on any atom is -0.371 e. The third-order valence-electron chi connectivity index (χ3n) is 5.81. The third kappa shape index (κ3) is 5.00. The summed E-state index contributed by atoms with van der Waals surface area (Å²) in [5, 5.41) is 10.2. The molecule has 0 aliphatic heterocycles. The SMILES string of the molecule is CC(=O)NC1(C)CCCCC1.CNc1nc(N)nn2ccc(-c3ccc4nccnc4n3)c12. The monoisotopic (exact) mass is 447 g/mol. The fourth-order valence-electron chi connectivity index (χ4n) is 4.31. The van der Waals surface area contributed by atoms with Gasteiger partial charge in [0.2, 0.25) is 11.9 Å². The van der Waals surface area contributed by atoms with E-state index in [-0.39, 0.29) is 17.4 Å². The maximum atomic E-state index is 10.8. The van der Waals surface area contributed by atoms with Crippen LogP contribution in [0.1, 0.15) is 46.0 Å². The number of nitrogens with zero attached hydrogens (tertiary/aromatic N) is 6. The Morgan fingerprint density at radius 3 is 2.58 bits per heavy atom. The van der Waals surface area contributed by atoms with Gasteiger partial charge in [0.15, 0.2) is 11.5 Å². The molecule has 0 bridgehead atoms. The van der Waals surface area contributed by atoms with Crippen LogP contribution in [-0.4, -0.2) is 48.0 Å². The number of nitrogen functional groups attached to an aromatic ring is 1. The highest BCUT2D eigenvalue weighted by Crippen LogP contribution is 2.29. The zero-order chi connectivity index (χ0) is 23.4. The minimum absolute atomic E-state index is 0.101. The molecule has 4 aromatic heterocycles. The molecule has 1 fully saturated rings. The molecule has 172 valence electrons. The first kappa shape index (κ1) is 22.4. The molecule has 0 aromatic carbocycles. The van der Waals surface area contributed by atoms with Crippen molar-refractivity contribution in [1.82, 2.24) is 34.9 Å². The van der Waals surface area contributed by atoms with Gasteiger partial charge in [-0.05, 0) is 38.0 Å². The van der Waals surface area contributed by atoms with Crippen LogP contribution in [0, 0.1) is 0 Å². The summed E-state index contributed by atoms with van der Waals surface area (Å²) in [6.45, 7) is 3.74. The molecule has 4 aromatic rings. The molecule has 0 atom stereocenters. The van der Waals surface area contributed by atoms with E-state index < -0.39 is 0 Å². The van der Waals surface area contributed by atoms with Gasteiger partial charge in [-0.3, -0.25) is 9.78 Å². The van der Waals surface area contributed by atoms with Crippen molar-refractivity contribution < 1.29 is 4.79 Å². The molecule has 5 rings (SSSR count). The number of nitrogens with two attached hydrogens (primary N) is 1. The van der Waals surface area contributed by atoms with Crippen LogP contribution >= 0.6 is 0 Å². The van der Waals surface area contributed by atoms with E-state index in [9.17, 15) is 4.79 Å². The normalized spacial score (nSPS) is 15.0. The van der Waals surface area contributed by atoms with Crippen molar-refractivity contribution in [2.45, 2.75) is 51.5 Å². The minimum atomic E-state index is 0.101. The molecular weight excluding hydrogens is 418 g/mol. The lowest BCUT2D eigenvalue weighted by atomic mass is 9.83. The highest BCUT2D eigenvalue weighted by Gasteiger charge is 2.26. The third-order valence-corrected chi connectivity index (χ3v) is 5.81. The number of hydrogen-bond acceptors (Lipinski definition) is 8. The summed E-state index contributed by atoms with van der Waals surface area (Å²) in [7, 11) is 1.79. The van der Waals surface area contributed by atoms with Crippen LogP contribution in [0.15, 0.2) is 36.8 Å². The van der Waals surface area contributed by atoms with Gasteiger partial charge in [0.05, 0.1) is 5.69 Å².